The zero-order chi connectivity index (χ0) is 21.8. The van der Waals surface area contributed by atoms with E-state index in [2.05, 4.69) is 35.8 Å². The summed E-state index contributed by atoms with van der Waals surface area (Å²) in [6.45, 7) is 8.79. The Morgan fingerprint density at radius 1 is 1.10 bits per heavy atom. The summed E-state index contributed by atoms with van der Waals surface area (Å²) in [5.41, 5.74) is 4.26. The number of nitro benzene ring substituents is 1. The van der Waals surface area contributed by atoms with Crippen LogP contribution in [0.4, 0.5) is 5.69 Å². The van der Waals surface area contributed by atoms with Crippen molar-refractivity contribution in [1.29, 1.82) is 0 Å². The van der Waals surface area contributed by atoms with Gasteiger partial charge in [-0.05, 0) is 51.5 Å². The van der Waals surface area contributed by atoms with E-state index in [9.17, 15) is 14.9 Å². The van der Waals surface area contributed by atoms with Crippen LogP contribution in [0.25, 0.3) is 0 Å². The van der Waals surface area contributed by atoms with Crippen molar-refractivity contribution in [2.75, 3.05) is 0 Å². The average Bonchev–Trinajstić information content (AvgIpc) is 3.14. The fraction of sp³-hybridized carbons (Fsp3) is 0.292. The highest BCUT2D eigenvalue weighted by molar-refractivity contribution is 5.95. The normalized spacial score (nSPS) is 11.0. The van der Waals surface area contributed by atoms with Crippen molar-refractivity contribution < 1.29 is 9.72 Å². The van der Waals surface area contributed by atoms with Crippen molar-refractivity contribution in [2.45, 2.75) is 46.8 Å². The van der Waals surface area contributed by atoms with Crippen molar-refractivity contribution in [1.82, 2.24) is 9.47 Å². The van der Waals surface area contributed by atoms with E-state index < -0.39 is 4.92 Å². The van der Waals surface area contributed by atoms with Crippen LogP contribution in [0.2, 0.25) is 0 Å². The second kappa shape index (κ2) is 8.95. The summed E-state index contributed by atoms with van der Waals surface area (Å²) in [5.74, 6) is -0.212. The number of hydrogen-bond acceptors (Lipinski definition) is 3. The third-order valence-corrected chi connectivity index (χ3v) is 5.27. The summed E-state index contributed by atoms with van der Waals surface area (Å²) in [5, 5.41) is 11.3. The summed E-state index contributed by atoms with van der Waals surface area (Å²) in [7, 11) is 0. The lowest BCUT2D eigenvalue weighted by molar-refractivity contribution is -0.385. The molecule has 3 rings (SSSR count). The number of carbonyl (C=O) groups excluding carboxylic acids is 1. The lowest BCUT2D eigenvalue weighted by Crippen LogP contribution is -2.37. The number of carbonyl (C=O) groups is 1. The number of hydrogen-bond donors (Lipinski definition) is 0. The van der Waals surface area contributed by atoms with Gasteiger partial charge in [-0.3, -0.25) is 14.9 Å². The predicted molar refractivity (Wildman–Crippen MR) is 118 cm³/mol. The minimum Gasteiger partial charge on any atom is -0.345 e. The molecular weight excluding hydrogens is 378 g/mol. The number of amides is 1. The van der Waals surface area contributed by atoms with Gasteiger partial charge in [-0.15, -0.1) is 0 Å². The third kappa shape index (κ3) is 4.76. The lowest BCUT2D eigenvalue weighted by atomic mass is 10.1. The largest absolute Gasteiger partial charge is 0.345 e. The Kier molecular flexibility index (Phi) is 6.35. The molecular formula is C24H27N3O3. The zero-order valence-electron chi connectivity index (χ0n) is 17.8. The maximum absolute atomic E-state index is 13.2. The molecule has 1 amide bonds. The smallest absolute Gasteiger partial charge is 0.273 e. The Hall–Kier alpha value is -3.41. The van der Waals surface area contributed by atoms with Crippen molar-refractivity contribution in [2.24, 2.45) is 0 Å². The molecule has 2 aromatic carbocycles. The maximum atomic E-state index is 13.2. The molecule has 6 heteroatoms. The molecule has 1 aromatic heterocycles. The molecule has 0 radical (unpaired) electrons. The Bertz CT molecular complexity index is 1050. The number of benzene rings is 2. The van der Waals surface area contributed by atoms with Crippen molar-refractivity contribution >= 4 is 11.6 Å². The zero-order valence-corrected chi connectivity index (χ0v) is 17.8. The van der Waals surface area contributed by atoms with Gasteiger partial charge >= 0.3 is 0 Å². The maximum Gasteiger partial charge on any atom is 0.273 e. The molecule has 0 aliphatic heterocycles. The first-order valence-electron chi connectivity index (χ1n) is 10.0. The van der Waals surface area contributed by atoms with E-state index in [0.717, 1.165) is 12.2 Å². The molecule has 3 aromatic rings. The molecule has 0 bridgehead atoms. The van der Waals surface area contributed by atoms with Crippen molar-refractivity contribution in [3.05, 3.63) is 98.9 Å². The van der Waals surface area contributed by atoms with Gasteiger partial charge in [0.1, 0.15) is 0 Å². The molecule has 156 valence electrons. The topological polar surface area (TPSA) is 68.4 Å². The number of aryl methyl sites for hydroxylation is 2. The predicted octanol–water partition coefficient (Wildman–Crippen LogP) is 5.11. The Morgan fingerprint density at radius 2 is 1.80 bits per heavy atom. The van der Waals surface area contributed by atoms with Crippen LogP contribution in [-0.2, 0) is 13.1 Å². The molecule has 0 saturated heterocycles. The summed E-state index contributed by atoms with van der Waals surface area (Å²) >= 11 is 0. The van der Waals surface area contributed by atoms with Crippen LogP contribution in [-0.4, -0.2) is 26.3 Å². The van der Waals surface area contributed by atoms with Gasteiger partial charge in [-0.2, -0.15) is 0 Å². The molecule has 0 spiro atoms. The molecule has 6 nitrogen and oxygen atoms in total. The first-order valence-corrected chi connectivity index (χ1v) is 10.0. The van der Waals surface area contributed by atoms with Gasteiger partial charge in [0.05, 0.1) is 11.5 Å². The standard InChI is InChI=1S/C24H27N3O3/c1-17(2)26(24(28)21-12-9-19(4)23(14-21)27(29)30)16-22-6-5-13-25(22)15-20-10-7-18(3)8-11-20/h5-14,17H,15-16H2,1-4H3. The van der Waals surface area contributed by atoms with E-state index in [1.54, 1.807) is 24.0 Å². The minimum absolute atomic E-state index is 0.0349. The molecule has 0 fully saturated rings. The van der Waals surface area contributed by atoms with E-state index >= 15 is 0 Å². The van der Waals surface area contributed by atoms with E-state index in [1.165, 1.54) is 17.2 Å². The van der Waals surface area contributed by atoms with E-state index in [0.29, 0.717) is 17.7 Å². The first kappa shape index (κ1) is 21.3. The molecule has 0 saturated carbocycles. The van der Waals surface area contributed by atoms with E-state index in [-0.39, 0.29) is 17.6 Å². The fourth-order valence-electron chi connectivity index (χ4n) is 3.41. The SMILES string of the molecule is Cc1ccc(Cn2cccc2CN(C(=O)c2ccc(C)c([N+](=O)[O-])c2)C(C)C)cc1. The summed E-state index contributed by atoms with van der Waals surface area (Å²) in [6, 6.07) is 17.0. The molecule has 0 aliphatic rings. The van der Waals surface area contributed by atoms with Gasteiger partial charge in [0.2, 0.25) is 0 Å². The summed E-state index contributed by atoms with van der Waals surface area (Å²) in [4.78, 5) is 25.8. The Labute approximate surface area is 176 Å². The van der Waals surface area contributed by atoms with Gasteiger partial charge in [0.25, 0.3) is 11.6 Å². The highest BCUT2D eigenvalue weighted by Crippen LogP contribution is 2.22. The number of nitro groups is 1. The van der Waals surface area contributed by atoms with Gasteiger partial charge in [0, 0.05) is 41.7 Å². The lowest BCUT2D eigenvalue weighted by Gasteiger charge is -2.27. The van der Waals surface area contributed by atoms with Crippen LogP contribution in [0.5, 0.6) is 0 Å². The highest BCUT2D eigenvalue weighted by atomic mass is 16.6. The van der Waals surface area contributed by atoms with Gasteiger partial charge in [0.15, 0.2) is 0 Å². The Balaban J connectivity index is 1.84. The minimum atomic E-state index is -0.446. The van der Waals surface area contributed by atoms with Crippen LogP contribution in [0.3, 0.4) is 0 Å². The monoisotopic (exact) mass is 405 g/mol. The quantitative estimate of drug-likeness (QED) is 0.405. The molecule has 0 aliphatic carbocycles. The van der Waals surface area contributed by atoms with Crippen LogP contribution in [0.15, 0.2) is 60.8 Å². The summed E-state index contributed by atoms with van der Waals surface area (Å²) in [6.07, 6.45) is 2.01. The van der Waals surface area contributed by atoms with Gasteiger partial charge < -0.3 is 9.47 Å². The molecule has 1 heterocycles. The molecule has 0 atom stereocenters. The van der Waals surface area contributed by atoms with E-state index in [4.69, 9.17) is 0 Å². The van der Waals surface area contributed by atoms with Gasteiger partial charge in [-0.25, -0.2) is 0 Å². The third-order valence-electron chi connectivity index (χ3n) is 5.27. The second-order valence-electron chi connectivity index (χ2n) is 7.90. The van der Waals surface area contributed by atoms with Crippen molar-refractivity contribution in [3.8, 4) is 0 Å². The second-order valence-corrected chi connectivity index (χ2v) is 7.90. The molecule has 0 N–H and O–H groups in total. The van der Waals surface area contributed by atoms with Crippen LogP contribution in [0, 0.1) is 24.0 Å². The van der Waals surface area contributed by atoms with Crippen LogP contribution in [0.1, 0.15) is 46.6 Å². The first-order chi connectivity index (χ1) is 14.3. The number of rotatable bonds is 7. The van der Waals surface area contributed by atoms with Gasteiger partial charge in [-0.1, -0.05) is 35.9 Å². The fourth-order valence-corrected chi connectivity index (χ4v) is 3.41. The summed E-state index contributed by atoms with van der Waals surface area (Å²) < 4.78 is 2.13. The number of nitrogens with zero attached hydrogens (tertiary/aromatic N) is 3. The molecule has 0 unspecified atom stereocenters. The highest BCUT2D eigenvalue weighted by Gasteiger charge is 2.23. The molecule has 30 heavy (non-hydrogen) atoms. The average molecular weight is 405 g/mol. The number of aromatic nitrogens is 1. The van der Waals surface area contributed by atoms with Crippen LogP contribution >= 0.6 is 0 Å². The van der Waals surface area contributed by atoms with E-state index in [1.807, 2.05) is 32.2 Å². The van der Waals surface area contributed by atoms with Crippen molar-refractivity contribution in [3.63, 3.8) is 0 Å². The Morgan fingerprint density at radius 3 is 2.43 bits per heavy atom. The van der Waals surface area contributed by atoms with Crippen LogP contribution < -0.4 is 0 Å².